The molecule has 0 fully saturated rings. The largest absolute Gasteiger partial charge is 1.00 e. The summed E-state index contributed by atoms with van der Waals surface area (Å²) in [6, 6.07) is 46.9. The normalized spacial score (nSPS) is 12.4. The van der Waals surface area contributed by atoms with Crippen LogP contribution in [0.2, 0.25) is 0 Å². The second kappa shape index (κ2) is 17.6. The standard InChI is InChI=1S/C24H19N3O2.C23H17N3O2.Na.H2O/c1-29-24(28)18-11-12-19-20(15-18)26-23(22(25-19)17-8-3-2-4-9-17)27-14-13-16-7-5-6-10-21(16)27;27-23(28)17-10-11-18-19(14-17)25-22(21(24-18)16-7-2-1-3-8-16)26-13-12-15-6-4-5-9-20(15)26;;/h2-12,15H,13-14H2,1H3;1-11,14H,12-13H2,(H,27,28);;1H2/q;;+1;/p-1. The summed E-state index contributed by atoms with van der Waals surface area (Å²) in [7, 11) is 1.38. The van der Waals surface area contributed by atoms with Crippen molar-refractivity contribution in [3.05, 3.63) is 168 Å². The van der Waals surface area contributed by atoms with Crippen LogP contribution in [-0.2, 0) is 17.6 Å². The van der Waals surface area contributed by atoms with Crippen molar-refractivity contribution in [3.8, 4) is 22.5 Å². The Morgan fingerprint density at radius 3 is 1.42 bits per heavy atom. The van der Waals surface area contributed by atoms with Crippen molar-refractivity contribution in [3.63, 3.8) is 0 Å². The molecular formula is C47H37N6NaO5. The first kappa shape index (κ1) is 40.7. The Labute approximate surface area is 362 Å². The van der Waals surface area contributed by atoms with E-state index in [0.717, 1.165) is 77.0 Å². The first-order valence-electron chi connectivity index (χ1n) is 18.7. The molecule has 2 aliphatic rings. The van der Waals surface area contributed by atoms with Crippen molar-refractivity contribution in [1.82, 2.24) is 19.9 Å². The number of aromatic nitrogens is 4. The molecule has 2 N–H and O–H groups in total. The molecule has 2 aliphatic heterocycles. The molecule has 0 amide bonds. The number of nitrogens with zero attached hydrogens (tertiary/aromatic N) is 6. The number of methoxy groups -OCH3 is 1. The summed E-state index contributed by atoms with van der Waals surface area (Å²) in [4.78, 5) is 47.4. The van der Waals surface area contributed by atoms with Gasteiger partial charge in [0, 0.05) is 35.6 Å². The molecule has 0 spiro atoms. The van der Waals surface area contributed by atoms with Crippen LogP contribution in [-0.4, -0.2) is 62.7 Å². The SMILES string of the molecule is COC(=O)c1ccc2nc(-c3ccccc3)c(N3CCc4ccccc43)nc2c1.O=C(O)c1ccc2nc(-c3ccccc3)c(N3CCc4ccccc43)nc2c1.[Na+].[OH-]. The number of aromatic carboxylic acids is 1. The molecule has 0 saturated carbocycles. The molecule has 0 aliphatic carbocycles. The maximum Gasteiger partial charge on any atom is 1.00 e. The molecular weight excluding hydrogens is 752 g/mol. The minimum absolute atomic E-state index is 0. The van der Waals surface area contributed by atoms with Gasteiger partial charge >= 0.3 is 41.5 Å². The molecule has 0 radical (unpaired) electrons. The van der Waals surface area contributed by atoms with Gasteiger partial charge in [-0.2, -0.15) is 0 Å². The van der Waals surface area contributed by atoms with Gasteiger partial charge in [-0.05, 0) is 72.5 Å². The molecule has 4 heterocycles. The van der Waals surface area contributed by atoms with Gasteiger partial charge in [-0.15, -0.1) is 0 Å². The maximum absolute atomic E-state index is 12.0. The van der Waals surface area contributed by atoms with Gasteiger partial charge in [0.15, 0.2) is 11.6 Å². The van der Waals surface area contributed by atoms with Crippen molar-refractivity contribution >= 4 is 57.0 Å². The fraction of sp³-hybridized carbons (Fsp3) is 0.106. The summed E-state index contributed by atoms with van der Waals surface area (Å²) < 4.78 is 4.86. The van der Waals surface area contributed by atoms with E-state index in [1.165, 1.54) is 18.2 Å². The summed E-state index contributed by atoms with van der Waals surface area (Å²) in [6.07, 6.45) is 1.91. The van der Waals surface area contributed by atoms with E-state index in [1.807, 2.05) is 84.9 Å². The molecule has 2 aromatic heterocycles. The van der Waals surface area contributed by atoms with Gasteiger partial charge in [-0.1, -0.05) is 97.1 Å². The van der Waals surface area contributed by atoms with Crippen LogP contribution in [0, 0.1) is 0 Å². The van der Waals surface area contributed by atoms with Gasteiger partial charge in [0.1, 0.15) is 11.4 Å². The van der Waals surface area contributed by atoms with Gasteiger partial charge in [0.25, 0.3) is 0 Å². The van der Waals surface area contributed by atoms with Crippen molar-refractivity contribution in [2.24, 2.45) is 0 Å². The number of rotatable bonds is 6. The zero-order valence-electron chi connectivity index (χ0n) is 32.5. The van der Waals surface area contributed by atoms with Crippen LogP contribution < -0.4 is 39.4 Å². The Kier molecular flexibility index (Phi) is 12.1. The topological polar surface area (TPSA) is 152 Å². The predicted octanol–water partition coefficient (Wildman–Crippen LogP) is 6.29. The monoisotopic (exact) mass is 788 g/mol. The second-order valence-corrected chi connectivity index (χ2v) is 13.8. The summed E-state index contributed by atoms with van der Waals surface area (Å²) in [5.74, 6) is 0.208. The van der Waals surface area contributed by atoms with Gasteiger partial charge in [0.2, 0.25) is 0 Å². The van der Waals surface area contributed by atoms with E-state index in [9.17, 15) is 14.7 Å². The van der Waals surface area contributed by atoms with Gasteiger partial charge in [0.05, 0.1) is 40.3 Å². The second-order valence-electron chi connectivity index (χ2n) is 13.8. The minimum atomic E-state index is -0.969. The smallest absolute Gasteiger partial charge is 0.870 e. The Balaban J connectivity index is 0.000000173. The third kappa shape index (κ3) is 8.01. The number of carboxylic acid groups (broad SMARTS) is 1. The first-order valence-corrected chi connectivity index (χ1v) is 18.7. The first-order chi connectivity index (χ1) is 27.9. The molecule has 59 heavy (non-hydrogen) atoms. The molecule has 0 unspecified atom stereocenters. The third-order valence-electron chi connectivity index (χ3n) is 10.3. The summed E-state index contributed by atoms with van der Waals surface area (Å²) in [5.41, 5.74) is 11.9. The number of ether oxygens (including phenoxy) is 1. The van der Waals surface area contributed by atoms with E-state index in [4.69, 9.17) is 24.7 Å². The van der Waals surface area contributed by atoms with E-state index in [2.05, 4.69) is 40.1 Å². The van der Waals surface area contributed by atoms with Gasteiger partial charge < -0.3 is 25.1 Å². The van der Waals surface area contributed by atoms with E-state index in [0.29, 0.717) is 22.1 Å². The number of carbonyl (C=O) groups excluding carboxylic acids is 1. The number of benzene rings is 6. The number of fused-ring (bicyclic) bond motifs is 4. The zero-order valence-corrected chi connectivity index (χ0v) is 34.5. The Hall–Kier alpha value is -6.50. The molecule has 8 aromatic rings. The van der Waals surface area contributed by atoms with Crippen molar-refractivity contribution < 1.29 is 54.5 Å². The zero-order chi connectivity index (χ0) is 38.9. The number of para-hydroxylation sites is 2. The molecule has 0 bridgehead atoms. The number of anilines is 4. The molecule has 11 nitrogen and oxygen atoms in total. The maximum atomic E-state index is 12.0. The van der Waals surface area contributed by atoms with Gasteiger partial charge in [-0.3, -0.25) is 0 Å². The average Bonchev–Trinajstić information content (AvgIpc) is 3.90. The molecule has 286 valence electrons. The fourth-order valence-electron chi connectivity index (χ4n) is 7.54. The predicted molar refractivity (Wildman–Crippen MR) is 224 cm³/mol. The van der Waals surface area contributed by atoms with E-state index < -0.39 is 5.97 Å². The summed E-state index contributed by atoms with van der Waals surface area (Å²) in [5, 5.41) is 9.33. The number of carbonyl (C=O) groups is 2. The van der Waals surface area contributed by atoms with E-state index in [1.54, 1.807) is 30.3 Å². The number of hydrogen-bond acceptors (Lipinski definition) is 10. The quantitative estimate of drug-likeness (QED) is 0.150. The summed E-state index contributed by atoms with van der Waals surface area (Å²) in [6.45, 7) is 1.66. The Bertz CT molecular complexity index is 2820. The minimum Gasteiger partial charge on any atom is -0.870 e. The number of hydrogen-bond donors (Lipinski definition) is 1. The van der Waals surface area contributed by atoms with Crippen LogP contribution in [0.5, 0.6) is 0 Å². The number of esters is 1. The number of carboxylic acids is 1. The average molecular weight is 789 g/mol. The van der Waals surface area contributed by atoms with Crippen LogP contribution in [0.3, 0.4) is 0 Å². The van der Waals surface area contributed by atoms with Crippen LogP contribution in [0.1, 0.15) is 31.8 Å². The van der Waals surface area contributed by atoms with Crippen LogP contribution in [0.4, 0.5) is 23.0 Å². The molecule has 12 heteroatoms. The molecule has 6 aromatic carbocycles. The van der Waals surface area contributed by atoms with E-state index >= 15 is 0 Å². The van der Waals surface area contributed by atoms with Crippen molar-refractivity contribution in [2.45, 2.75) is 12.8 Å². The fourth-order valence-corrected chi connectivity index (χ4v) is 7.54. The van der Waals surface area contributed by atoms with Crippen LogP contribution >= 0.6 is 0 Å². The van der Waals surface area contributed by atoms with Gasteiger partial charge in [-0.25, -0.2) is 29.5 Å². The van der Waals surface area contributed by atoms with Crippen LogP contribution in [0.25, 0.3) is 44.6 Å². The Morgan fingerprint density at radius 2 is 0.966 bits per heavy atom. The van der Waals surface area contributed by atoms with Crippen molar-refractivity contribution in [1.29, 1.82) is 0 Å². The molecule has 10 rings (SSSR count). The Morgan fingerprint density at radius 1 is 0.542 bits per heavy atom. The molecule has 0 atom stereocenters. The summed E-state index contributed by atoms with van der Waals surface area (Å²) >= 11 is 0. The third-order valence-corrected chi connectivity index (χ3v) is 10.3. The van der Waals surface area contributed by atoms with E-state index in [-0.39, 0.29) is 46.6 Å². The molecule has 0 saturated heterocycles. The van der Waals surface area contributed by atoms with Crippen LogP contribution in [0.15, 0.2) is 146 Å². The van der Waals surface area contributed by atoms with Crippen molar-refractivity contribution in [2.75, 3.05) is 30.0 Å².